The van der Waals surface area contributed by atoms with Crippen LogP contribution in [0.25, 0.3) is 0 Å². The highest BCUT2D eigenvalue weighted by Crippen LogP contribution is 2.13. The Bertz CT molecular complexity index is 1460. The van der Waals surface area contributed by atoms with E-state index in [1.165, 1.54) is 0 Å². The van der Waals surface area contributed by atoms with E-state index in [9.17, 15) is 28.8 Å². The molecule has 5 amide bonds. The molecule has 0 bridgehead atoms. The van der Waals surface area contributed by atoms with Gasteiger partial charge in [-0.15, -0.1) is 0 Å². The zero-order chi connectivity index (χ0) is 37.2. The third kappa shape index (κ3) is 14.4. The van der Waals surface area contributed by atoms with E-state index in [2.05, 4.69) is 31.6 Å². The molecule has 0 radical (unpaired) electrons. The van der Waals surface area contributed by atoms with Crippen LogP contribution in [0.4, 0.5) is 0 Å². The predicted molar refractivity (Wildman–Crippen MR) is 188 cm³/mol. The van der Waals surface area contributed by atoms with E-state index < -0.39 is 65.4 Å². The molecule has 50 heavy (non-hydrogen) atoms. The van der Waals surface area contributed by atoms with E-state index in [0.29, 0.717) is 18.4 Å². The summed E-state index contributed by atoms with van der Waals surface area (Å²) in [6.07, 6.45) is 4.34. The average Bonchev–Trinajstić information content (AvgIpc) is 3.07. The molecule has 10 N–H and O–H groups in total. The predicted octanol–water partition coefficient (Wildman–Crippen LogP) is 0.216. The lowest BCUT2D eigenvalue weighted by Crippen LogP contribution is -2.59. The van der Waals surface area contributed by atoms with E-state index >= 15 is 0 Å². The summed E-state index contributed by atoms with van der Waals surface area (Å²) in [4.78, 5) is 83.0. The van der Waals surface area contributed by atoms with Crippen LogP contribution in [0, 0.1) is 17.2 Å². The van der Waals surface area contributed by atoms with Gasteiger partial charge in [-0.25, -0.2) is 0 Å². The molecule has 15 nitrogen and oxygen atoms in total. The monoisotopic (exact) mass is 693 g/mol. The molecule has 0 saturated carbocycles. The maximum atomic E-state index is 13.8. The summed E-state index contributed by atoms with van der Waals surface area (Å²) >= 11 is 0. The van der Waals surface area contributed by atoms with Crippen molar-refractivity contribution in [3.8, 4) is 0 Å². The Balaban J connectivity index is 2.23. The fourth-order valence-electron chi connectivity index (χ4n) is 5.11. The topological polar surface area (TPSA) is 251 Å². The Morgan fingerprint density at radius 2 is 1.44 bits per heavy atom. The Morgan fingerprint density at radius 1 is 0.800 bits per heavy atom. The number of carbonyl (C=O) groups excluding carboxylic acids is 6. The number of pyridine rings is 1. The third-order valence-electron chi connectivity index (χ3n) is 8.04. The number of nitrogens with two attached hydrogens (primary N) is 2. The van der Waals surface area contributed by atoms with Gasteiger partial charge in [0.15, 0.2) is 5.96 Å². The molecule has 0 aliphatic rings. The minimum absolute atomic E-state index is 0.0175. The molecule has 1 aromatic heterocycles. The van der Waals surface area contributed by atoms with Crippen molar-refractivity contribution >= 4 is 41.3 Å². The number of nitrogens with zero attached hydrogens (tertiary/aromatic N) is 1. The van der Waals surface area contributed by atoms with Crippen LogP contribution in [-0.2, 0) is 41.6 Å². The third-order valence-corrected chi connectivity index (χ3v) is 8.04. The number of amides is 5. The first-order valence-corrected chi connectivity index (χ1v) is 16.8. The largest absolute Gasteiger partial charge is 0.370 e. The van der Waals surface area contributed by atoms with Crippen LogP contribution >= 0.6 is 0 Å². The van der Waals surface area contributed by atoms with Crippen molar-refractivity contribution in [3.05, 3.63) is 66.0 Å². The second-order valence-electron chi connectivity index (χ2n) is 12.7. The lowest BCUT2D eigenvalue weighted by molar-refractivity contribution is -0.142. The van der Waals surface area contributed by atoms with E-state index in [0.717, 1.165) is 5.56 Å². The van der Waals surface area contributed by atoms with Crippen LogP contribution in [0.2, 0.25) is 0 Å². The van der Waals surface area contributed by atoms with Crippen LogP contribution in [-0.4, -0.2) is 77.0 Å². The van der Waals surface area contributed by atoms with E-state index in [-0.39, 0.29) is 44.1 Å². The highest BCUT2D eigenvalue weighted by Gasteiger charge is 2.35. The van der Waals surface area contributed by atoms with Crippen molar-refractivity contribution in [3.63, 3.8) is 0 Å². The van der Waals surface area contributed by atoms with Gasteiger partial charge in [-0.3, -0.25) is 39.2 Å². The van der Waals surface area contributed by atoms with E-state index in [1.54, 1.807) is 38.4 Å². The van der Waals surface area contributed by atoms with Gasteiger partial charge in [-0.05, 0) is 54.4 Å². The summed E-state index contributed by atoms with van der Waals surface area (Å²) in [7, 11) is 0. The molecule has 4 unspecified atom stereocenters. The van der Waals surface area contributed by atoms with E-state index in [4.69, 9.17) is 16.9 Å². The van der Waals surface area contributed by atoms with Gasteiger partial charge < -0.3 is 38.1 Å². The molecule has 2 rings (SSSR count). The first kappa shape index (κ1) is 40.8. The number of rotatable bonds is 21. The van der Waals surface area contributed by atoms with Gasteiger partial charge in [0.05, 0.1) is 12.5 Å². The molecule has 0 spiro atoms. The lowest BCUT2D eigenvalue weighted by Gasteiger charge is -2.28. The minimum Gasteiger partial charge on any atom is -0.370 e. The summed E-state index contributed by atoms with van der Waals surface area (Å²) in [6.45, 7) is 7.47. The fourth-order valence-corrected chi connectivity index (χ4v) is 5.11. The van der Waals surface area contributed by atoms with Gasteiger partial charge in [0.25, 0.3) is 5.91 Å². The number of aromatic nitrogens is 1. The van der Waals surface area contributed by atoms with Crippen molar-refractivity contribution < 1.29 is 28.8 Å². The highest BCUT2D eigenvalue weighted by molar-refractivity contribution is 6.39. The fraction of sp³-hybridized carbons (Fsp3) is 0.486. The second-order valence-corrected chi connectivity index (χ2v) is 12.7. The lowest BCUT2D eigenvalue weighted by atomic mass is 9.93. The molecule has 5 atom stereocenters. The number of hydrogen-bond acceptors (Lipinski definition) is 8. The molecule has 0 aliphatic carbocycles. The normalized spacial score (nSPS) is 13.9. The van der Waals surface area contributed by atoms with Crippen molar-refractivity contribution in [1.82, 2.24) is 31.6 Å². The van der Waals surface area contributed by atoms with Crippen molar-refractivity contribution in [2.75, 3.05) is 6.54 Å². The number of guanidine groups is 1. The van der Waals surface area contributed by atoms with Gasteiger partial charge in [0, 0.05) is 25.4 Å². The van der Waals surface area contributed by atoms with Crippen molar-refractivity contribution in [1.29, 1.82) is 5.41 Å². The van der Waals surface area contributed by atoms with Crippen LogP contribution in [0.5, 0.6) is 0 Å². The quantitative estimate of drug-likeness (QED) is 0.0385. The van der Waals surface area contributed by atoms with Gasteiger partial charge in [0.1, 0.15) is 18.1 Å². The molecule has 0 fully saturated rings. The SMILES string of the molecule is CC[C@H](C)C(NC(=O)C(CC(C)C)NC(=O)C(Cc1ccccc1)NC(=O)Cc1ccncc1)C(=O)C(=O)NC(CCCNC(=N)N)C(N)=O. The van der Waals surface area contributed by atoms with E-state index in [1.807, 2.05) is 44.2 Å². The number of carbonyl (C=O) groups is 6. The van der Waals surface area contributed by atoms with Crippen LogP contribution in [0.3, 0.4) is 0 Å². The number of benzene rings is 1. The highest BCUT2D eigenvalue weighted by atomic mass is 16.2. The van der Waals surface area contributed by atoms with Gasteiger partial charge in [0.2, 0.25) is 29.4 Å². The van der Waals surface area contributed by atoms with Crippen molar-refractivity contribution in [2.24, 2.45) is 23.3 Å². The molecule has 15 heteroatoms. The Labute approximate surface area is 293 Å². The summed E-state index contributed by atoms with van der Waals surface area (Å²) < 4.78 is 0. The molecular formula is C35H51N9O6. The standard InChI is InChI=1S/C35H51N9O6/c1-5-22(4)29(30(46)34(50)42-25(31(36)47)12-9-15-40-35(37)38)44-33(49)26(18-21(2)3)43-32(48)27(19-23-10-7-6-8-11-23)41-28(45)20-24-13-16-39-17-14-24/h6-8,10-11,13-14,16-17,21-22,25-27,29H,5,9,12,15,18-20H2,1-4H3,(H2,36,47)(H,41,45)(H,42,50)(H,43,48)(H,44,49)(H4,37,38,40)/t22-,25?,26?,27?,29?/m0/s1. The molecular weight excluding hydrogens is 642 g/mol. The number of primary amides is 1. The number of nitrogens with one attached hydrogen (secondary N) is 6. The molecule has 0 aliphatic heterocycles. The molecule has 272 valence electrons. The first-order valence-electron chi connectivity index (χ1n) is 16.8. The first-order chi connectivity index (χ1) is 23.7. The van der Waals surface area contributed by atoms with Crippen molar-refractivity contribution in [2.45, 2.75) is 90.4 Å². The maximum absolute atomic E-state index is 13.8. The summed E-state index contributed by atoms with van der Waals surface area (Å²) in [5.74, 6) is -5.38. The molecule has 1 heterocycles. The number of hydrogen-bond donors (Lipinski definition) is 8. The zero-order valence-electron chi connectivity index (χ0n) is 29.2. The van der Waals surface area contributed by atoms with Crippen LogP contribution in [0.15, 0.2) is 54.9 Å². The Hall–Kier alpha value is -5.34. The molecule has 1 aromatic carbocycles. The van der Waals surface area contributed by atoms with Gasteiger partial charge >= 0.3 is 0 Å². The Kier molecular flexibility index (Phi) is 17.1. The minimum atomic E-state index is -1.27. The maximum Gasteiger partial charge on any atom is 0.290 e. The van der Waals surface area contributed by atoms with Crippen LogP contribution < -0.4 is 38.1 Å². The number of Topliss-reactive ketones (excluding diaryl/α,β-unsaturated/α-hetero) is 1. The zero-order valence-corrected chi connectivity index (χ0v) is 29.2. The van der Waals surface area contributed by atoms with Gasteiger partial charge in [-0.2, -0.15) is 0 Å². The smallest absolute Gasteiger partial charge is 0.290 e. The average molecular weight is 694 g/mol. The molecule has 0 saturated heterocycles. The summed E-state index contributed by atoms with van der Waals surface area (Å²) in [5.41, 5.74) is 12.2. The number of ketones is 1. The summed E-state index contributed by atoms with van der Waals surface area (Å²) in [5, 5.41) is 20.4. The van der Waals surface area contributed by atoms with Gasteiger partial charge in [-0.1, -0.05) is 64.4 Å². The van der Waals surface area contributed by atoms with Crippen LogP contribution in [0.1, 0.15) is 64.5 Å². The Morgan fingerprint density at radius 3 is 2.02 bits per heavy atom. The molecule has 2 aromatic rings. The second kappa shape index (κ2) is 20.9. The summed E-state index contributed by atoms with van der Waals surface area (Å²) in [6, 6.07) is 7.95.